The molecular formula is C10H14N2O2. The van der Waals surface area contributed by atoms with Crippen molar-refractivity contribution >= 4 is 11.6 Å². The second-order valence-electron chi connectivity index (χ2n) is 2.95. The number of carbonyl (C=O) groups is 1. The third-order valence-corrected chi connectivity index (χ3v) is 1.91. The highest BCUT2D eigenvalue weighted by molar-refractivity contribution is 5.90. The molecule has 0 heterocycles. The fourth-order valence-electron chi connectivity index (χ4n) is 1.06. The maximum atomic E-state index is 11.0. The molecule has 1 aromatic rings. The molecule has 0 saturated carbocycles. The first-order chi connectivity index (χ1) is 6.67. The van der Waals surface area contributed by atoms with Gasteiger partial charge in [-0.05, 0) is 6.07 Å². The van der Waals surface area contributed by atoms with Gasteiger partial charge in [-0.25, -0.2) is 0 Å². The standard InChI is InChI=1S/C10H14N2O2/c1-2-10(14)12-8-4-3-7(6-11)9(13)5-8/h3-5,13H,2,6,11H2,1H3,(H,12,14). The average Bonchev–Trinajstić information content (AvgIpc) is 2.18. The predicted molar refractivity (Wildman–Crippen MR) is 54.9 cm³/mol. The van der Waals surface area contributed by atoms with Crippen LogP contribution in [0.15, 0.2) is 18.2 Å². The minimum Gasteiger partial charge on any atom is -0.508 e. The molecule has 1 aromatic carbocycles. The van der Waals surface area contributed by atoms with E-state index in [1.807, 2.05) is 0 Å². The minimum absolute atomic E-state index is 0.0788. The molecule has 1 amide bonds. The molecule has 0 spiro atoms. The minimum atomic E-state index is -0.0788. The Balaban J connectivity index is 2.81. The van der Waals surface area contributed by atoms with Crippen LogP contribution in [0.5, 0.6) is 5.75 Å². The van der Waals surface area contributed by atoms with E-state index >= 15 is 0 Å². The molecule has 0 atom stereocenters. The molecule has 0 unspecified atom stereocenters. The third kappa shape index (κ3) is 2.47. The highest BCUT2D eigenvalue weighted by Gasteiger charge is 2.02. The van der Waals surface area contributed by atoms with Crippen LogP contribution in [0.25, 0.3) is 0 Å². The molecule has 0 aliphatic carbocycles. The number of carbonyl (C=O) groups excluding carboxylic acids is 1. The Labute approximate surface area is 82.7 Å². The Bertz CT molecular complexity index is 337. The number of benzene rings is 1. The summed E-state index contributed by atoms with van der Waals surface area (Å²) in [5, 5.41) is 12.1. The van der Waals surface area contributed by atoms with Crippen molar-refractivity contribution in [2.75, 3.05) is 5.32 Å². The van der Waals surface area contributed by atoms with E-state index in [2.05, 4.69) is 5.32 Å². The molecule has 1 rings (SSSR count). The van der Waals surface area contributed by atoms with Crippen molar-refractivity contribution in [2.24, 2.45) is 5.73 Å². The van der Waals surface area contributed by atoms with Crippen LogP contribution >= 0.6 is 0 Å². The number of phenols is 1. The van der Waals surface area contributed by atoms with Crippen LogP contribution in [0.3, 0.4) is 0 Å². The van der Waals surface area contributed by atoms with Crippen molar-refractivity contribution in [3.63, 3.8) is 0 Å². The van der Waals surface area contributed by atoms with Gasteiger partial charge in [0.2, 0.25) is 5.91 Å². The first kappa shape index (κ1) is 10.5. The van der Waals surface area contributed by atoms with Crippen LogP contribution < -0.4 is 11.1 Å². The van der Waals surface area contributed by atoms with E-state index in [1.54, 1.807) is 19.1 Å². The lowest BCUT2D eigenvalue weighted by Crippen LogP contribution is -2.09. The molecule has 0 aliphatic rings. The van der Waals surface area contributed by atoms with Gasteiger partial charge in [0.15, 0.2) is 0 Å². The third-order valence-electron chi connectivity index (χ3n) is 1.91. The van der Waals surface area contributed by atoms with Gasteiger partial charge in [0, 0.05) is 30.3 Å². The van der Waals surface area contributed by atoms with E-state index < -0.39 is 0 Å². The van der Waals surface area contributed by atoms with Gasteiger partial charge in [0.1, 0.15) is 5.75 Å². The second kappa shape index (κ2) is 4.62. The van der Waals surface area contributed by atoms with Gasteiger partial charge in [-0.1, -0.05) is 13.0 Å². The molecule has 4 heteroatoms. The van der Waals surface area contributed by atoms with Crippen LogP contribution in [0.2, 0.25) is 0 Å². The Hall–Kier alpha value is -1.55. The molecule has 14 heavy (non-hydrogen) atoms. The number of phenolic OH excluding ortho intramolecular Hbond substituents is 1. The number of nitrogens with two attached hydrogens (primary N) is 1. The molecule has 76 valence electrons. The van der Waals surface area contributed by atoms with Gasteiger partial charge in [0.05, 0.1) is 0 Å². The number of amides is 1. The summed E-state index contributed by atoms with van der Waals surface area (Å²) in [4.78, 5) is 11.0. The Kier molecular flexibility index (Phi) is 3.48. The van der Waals surface area contributed by atoms with Crippen molar-refractivity contribution in [1.29, 1.82) is 0 Å². The van der Waals surface area contributed by atoms with Crippen LogP contribution in [-0.4, -0.2) is 11.0 Å². The van der Waals surface area contributed by atoms with Gasteiger partial charge < -0.3 is 16.2 Å². The van der Waals surface area contributed by atoms with Crippen molar-refractivity contribution < 1.29 is 9.90 Å². The quantitative estimate of drug-likeness (QED) is 0.676. The predicted octanol–water partition coefficient (Wildman–Crippen LogP) is 1.20. The zero-order chi connectivity index (χ0) is 10.6. The summed E-state index contributed by atoms with van der Waals surface area (Å²) in [5.74, 6) is 0.0336. The smallest absolute Gasteiger partial charge is 0.224 e. The summed E-state index contributed by atoms with van der Waals surface area (Å²) < 4.78 is 0. The van der Waals surface area contributed by atoms with E-state index in [1.165, 1.54) is 6.07 Å². The summed E-state index contributed by atoms with van der Waals surface area (Å²) in [5.41, 5.74) is 6.64. The molecule has 4 N–H and O–H groups in total. The van der Waals surface area contributed by atoms with Crippen molar-refractivity contribution in [3.05, 3.63) is 23.8 Å². The Morgan fingerprint density at radius 3 is 2.79 bits per heavy atom. The largest absolute Gasteiger partial charge is 0.508 e. The average molecular weight is 194 g/mol. The molecule has 4 nitrogen and oxygen atoms in total. The fourth-order valence-corrected chi connectivity index (χ4v) is 1.06. The number of aromatic hydroxyl groups is 1. The van der Waals surface area contributed by atoms with Gasteiger partial charge >= 0.3 is 0 Å². The Morgan fingerprint density at radius 1 is 1.57 bits per heavy atom. The highest BCUT2D eigenvalue weighted by atomic mass is 16.3. The first-order valence-corrected chi connectivity index (χ1v) is 4.49. The summed E-state index contributed by atoms with van der Waals surface area (Å²) >= 11 is 0. The van der Waals surface area contributed by atoms with Crippen molar-refractivity contribution in [3.8, 4) is 5.75 Å². The molecule has 0 bridgehead atoms. The number of anilines is 1. The first-order valence-electron chi connectivity index (χ1n) is 4.49. The van der Waals surface area contributed by atoms with Crippen LogP contribution in [-0.2, 0) is 11.3 Å². The maximum absolute atomic E-state index is 11.0. The zero-order valence-electron chi connectivity index (χ0n) is 8.08. The lowest BCUT2D eigenvalue weighted by molar-refractivity contribution is -0.115. The topological polar surface area (TPSA) is 75.4 Å². The Morgan fingerprint density at radius 2 is 2.29 bits per heavy atom. The normalized spacial score (nSPS) is 9.86. The highest BCUT2D eigenvalue weighted by Crippen LogP contribution is 2.21. The van der Waals surface area contributed by atoms with Gasteiger partial charge in [-0.2, -0.15) is 0 Å². The van der Waals surface area contributed by atoms with E-state index in [4.69, 9.17) is 5.73 Å². The fraction of sp³-hybridized carbons (Fsp3) is 0.300. The molecule has 0 fully saturated rings. The summed E-state index contributed by atoms with van der Waals surface area (Å²) in [6.07, 6.45) is 0.416. The zero-order valence-corrected chi connectivity index (χ0v) is 8.08. The van der Waals surface area contributed by atoms with E-state index in [-0.39, 0.29) is 18.2 Å². The number of hydrogen-bond donors (Lipinski definition) is 3. The lowest BCUT2D eigenvalue weighted by Gasteiger charge is -2.06. The van der Waals surface area contributed by atoms with Gasteiger partial charge in [0.25, 0.3) is 0 Å². The molecular weight excluding hydrogens is 180 g/mol. The number of nitrogens with one attached hydrogen (secondary N) is 1. The summed E-state index contributed by atoms with van der Waals surface area (Å²) in [6, 6.07) is 4.91. The van der Waals surface area contributed by atoms with Crippen molar-refractivity contribution in [1.82, 2.24) is 0 Å². The maximum Gasteiger partial charge on any atom is 0.224 e. The van der Waals surface area contributed by atoms with Gasteiger partial charge in [-0.3, -0.25) is 4.79 Å². The molecule has 0 aromatic heterocycles. The number of hydrogen-bond acceptors (Lipinski definition) is 3. The van der Waals surface area contributed by atoms with Gasteiger partial charge in [-0.15, -0.1) is 0 Å². The van der Waals surface area contributed by atoms with E-state index in [0.717, 1.165) is 0 Å². The summed E-state index contributed by atoms with van der Waals surface area (Å²) in [6.45, 7) is 2.05. The van der Waals surface area contributed by atoms with E-state index in [9.17, 15) is 9.90 Å². The van der Waals surface area contributed by atoms with Crippen molar-refractivity contribution in [2.45, 2.75) is 19.9 Å². The molecule has 0 radical (unpaired) electrons. The SMILES string of the molecule is CCC(=O)Nc1ccc(CN)c(O)c1. The monoisotopic (exact) mass is 194 g/mol. The molecule has 0 saturated heterocycles. The number of rotatable bonds is 3. The van der Waals surface area contributed by atoms with Crippen LogP contribution in [0, 0.1) is 0 Å². The van der Waals surface area contributed by atoms with Crippen LogP contribution in [0.4, 0.5) is 5.69 Å². The molecule has 0 aliphatic heterocycles. The van der Waals surface area contributed by atoms with E-state index in [0.29, 0.717) is 17.7 Å². The second-order valence-corrected chi connectivity index (χ2v) is 2.95. The summed E-state index contributed by atoms with van der Waals surface area (Å²) in [7, 11) is 0. The van der Waals surface area contributed by atoms with Crippen LogP contribution in [0.1, 0.15) is 18.9 Å². The lowest BCUT2D eigenvalue weighted by atomic mass is 10.2.